The highest BCUT2D eigenvalue weighted by molar-refractivity contribution is 5.95. The van der Waals surface area contributed by atoms with E-state index < -0.39 is 24.5 Å². The quantitative estimate of drug-likeness (QED) is 0.691. The van der Waals surface area contributed by atoms with Gasteiger partial charge < -0.3 is 15.2 Å². The summed E-state index contributed by atoms with van der Waals surface area (Å²) in [6.45, 7) is 1.60. The molecule has 1 aromatic rings. The zero-order valence-corrected chi connectivity index (χ0v) is 10.2. The second-order valence-electron chi connectivity index (χ2n) is 3.35. The number of carboxylic acids is 1. The Kier molecular flexibility index (Phi) is 5.27. The number of carboxylic acid groups (broad SMARTS) is 1. The smallest absolute Gasteiger partial charge is 0.358 e. The molecule has 0 saturated heterocycles. The third-order valence-corrected chi connectivity index (χ3v) is 1.92. The monoisotopic (exact) mass is 267 g/mol. The van der Waals surface area contributed by atoms with E-state index in [1.165, 1.54) is 18.3 Å². The largest absolute Gasteiger partial charge is 0.481 e. The molecule has 1 aromatic heterocycles. The van der Waals surface area contributed by atoms with E-state index in [1.807, 2.05) is 5.32 Å². The molecule has 0 unspecified atom stereocenters. The van der Waals surface area contributed by atoms with Crippen LogP contribution in [0.3, 0.4) is 0 Å². The van der Waals surface area contributed by atoms with Gasteiger partial charge in [-0.15, -0.1) is 0 Å². The summed E-state index contributed by atoms with van der Waals surface area (Å²) in [6, 6.07) is 2.21. The lowest BCUT2D eigenvalue weighted by molar-refractivity contribution is -0.122. The first-order valence-electron chi connectivity index (χ1n) is 5.43. The Morgan fingerprint density at radius 1 is 1.42 bits per heavy atom. The Bertz CT molecular complexity index is 489. The minimum Gasteiger partial charge on any atom is -0.481 e. The van der Waals surface area contributed by atoms with Crippen molar-refractivity contribution in [3.63, 3.8) is 0 Å². The van der Waals surface area contributed by atoms with E-state index in [0.717, 1.165) is 0 Å². The van der Waals surface area contributed by atoms with Crippen molar-refractivity contribution in [1.82, 2.24) is 15.6 Å². The molecule has 19 heavy (non-hydrogen) atoms. The zero-order valence-electron chi connectivity index (χ0n) is 10.2. The molecule has 1 heterocycles. The molecule has 0 radical (unpaired) electrons. The predicted octanol–water partition coefficient (Wildman–Crippen LogP) is 0.00430. The van der Waals surface area contributed by atoms with Gasteiger partial charge in [-0.25, -0.2) is 14.6 Å². The Labute approximate surface area is 108 Å². The standard InChI is InChI=1S/C11H13N3O5/c1-2-12-11(18)14-8(15)6-19-7-4-3-5-13-9(7)10(16)17/h3-5H,2,6H2,1H3,(H,16,17)(H2,12,14,15,18). The average molecular weight is 267 g/mol. The molecule has 8 nitrogen and oxygen atoms in total. The number of ether oxygens (including phenoxy) is 1. The van der Waals surface area contributed by atoms with Crippen molar-refractivity contribution in [2.75, 3.05) is 13.2 Å². The van der Waals surface area contributed by atoms with Crippen molar-refractivity contribution in [2.45, 2.75) is 6.92 Å². The molecule has 0 aliphatic heterocycles. The Hall–Kier alpha value is -2.64. The number of urea groups is 1. The van der Waals surface area contributed by atoms with Crippen molar-refractivity contribution in [3.05, 3.63) is 24.0 Å². The number of imide groups is 1. The van der Waals surface area contributed by atoms with Gasteiger partial charge in [-0.1, -0.05) is 0 Å². The second kappa shape index (κ2) is 6.94. The fraction of sp³-hybridized carbons (Fsp3) is 0.273. The molecular weight excluding hydrogens is 254 g/mol. The summed E-state index contributed by atoms with van der Waals surface area (Å²) in [7, 11) is 0. The molecule has 8 heteroatoms. The summed E-state index contributed by atoms with van der Waals surface area (Å²) >= 11 is 0. The van der Waals surface area contributed by atoms with Crippen LogP contribution < -0.4 is 15.4 Å². The zero-order chi connectivity index (χ0) is 14.3. The SMILES string of the molecule is CCNC(=O)NC(=O)COc1cccnc1C(=O)O. The molecule has 102 valence electrons. The number of carbonyl (C=O) groups excluding carboxylic acids is 2. The third-order valence-electron chi connectivity index (χ3n) is 1.92. The van der Waals surface area contributed by atoms with Gasteiger partial charge in [0.15, 0.2) is 18.1 Å². The van der Waals surface area contributed by atoms with Crippen molar-refractivity contribution in [3.8, 4) is 5.75 Å². The molecule has 0 spiro atoms. The maximum absolute atomic E-state index is 11.3. The van der Waals surface area contributed by atoms with E-state index in [4.69, 9.17) is 9.84 Å². The molecule has 3 N–H and O–H groups in total. The van der Waals surface area contributed by atoms with Crippen molar-refractivity contribution >= 4 is 17.9 Å². The van der Waals surface area contributed by atoms with Gasteiger partial charge in [-0.3, -0.25) is 10.1 Å². The first-order chi connectivity index (χ1) is 9.04. The number of aromatic carboxylic acids is 1. The normalized spacial score (nSPS) is 9.53. The van der Waals surface area contributed by atoms with Crippen LogP contribution in [0.4, 0.5) is 4.79 Å². The number of carbonyl (C=O) groups is 3. The summed E-state index contributed by atoms with van der Waals surface area (Å²) in [5.41, 5.74) is -0.298. The van der Waals surface area contributed by atoms with E-state index in [2.05, 4.69) is 10.3 Å². The molecule has 0 atom stereocenters. The van der Waals surface area contributed by atoms with Crippen LogP contribution in [0.1, 0.15) is 17.4 Å². The van der Waals surface area contributed by atoms with Gasteiger partial charge in [0.2, 0.25) is 0 Å². The number of rotatable bonds is 5. The fourth-order valence-corrected chi connectivity index (χ4v) is 1.18. The van der Waals surface area contributed by atoms with Crippen molar-refractivity contribution < 1.29 is 24.2 Å². The van der Waals surface area contributed by atoms with Crippen LogP contribution in [0.5, 0.6) is 5.75 Å². The van der Waals surface area contributed by atoms with Crippen LogP contribution in [0.15, 0.2) is 18.3 Å². The highest BCUT2D eigenvalue weighted by atomic mass is 16.5. The van der Waals surface area contributed by atoms with Gasteiger partial charge in [0, 0.05) is 12.7 Å². The van der Waals surface area contributed by atoms with Crippen LogP contribution in [-0.2, 0) is 4.79 Å². The van der Waals surface area contributed by atoms with Gasteiger partial charge >= 0.3 is 12.0 Å². The summed E-state index contributed by atoms with van der Waals surface area (Å²) < 4.78 is 5.00. The van der Waals surface area contributed by atoms with Crippen LogP contribution >= 0.6 is 0 Å². The lowest BCUT2D eigenvalue weighted by Crippen LogP contribution is -2.41. The molecule has 0 bridgehead atoms. The Morgan fingerprint density at radius 2 is 2.16 bits per heavy atom. The van der Waals surface area contributed by atoms with E-state index >= 15 is 0 Å². The molecule has 0 fully saturated rings. The van der Waals surface area contributed by atoms with Crippen LogP contribution in [-0.4, -0.2) is 41.1 Å². The second-order valence-corrected chi connectivity index (χ2v) is 3.35. The molecule has 0 aliphatic carbocycles. The van der Waals surface area contributed by atoms with Gasteiger partial charge in [0.05, 0.1) is 0 Å². The molecular formula is C11H13N3O5. The number of nitrogens with one attached hydrogen (secondary N) is 2. The number of hydrogen-bond acceptors (Lipinski definition) is 5. The van der Waals surface area contributed by atoms with Crippen LogP contribution in [0.2, 0.25) is 0 Å². The number of pyridine rings is 1. The summed E-state index contributed by atoms with van der Waals surface area (Å²) in [4.78, 5) is 36.8. The molecule has 0 aliphatic rings. The van der Waals surface area contributed by atoms with Crippen molar-refractivity contribution in [2.24, 2.45) is 0 Å². The minimum atomic E-state index is -1.26. The van der Waals surface area contributed by atoms with Crippen molar-refractivity contribution in [1.29, 1.82) is 0 Å². The van der Waals surface area contributed by atoms with Crippen LogP contribution in [0.25, 0.3) is 0 Å². The molecule has 0 aromatic carbocycles. The summed E-state index contributed by atoms with van der Waals surface area (Å²) in [5, 5.41) is 13.2. The maximum atomic E-state index is 11.3. The van der Waals surface area contributed by atoms with Gasteiger partial charge in [-0.05, 0) is 19.1 Å². The highest BCUT2D eigenvalue weighted by Gasteiger charge is 2.14. The van der Waals surface area contributed by atoms with E-state index in [9.17, 15) is 14.4 Å². The first kappa shape index (κ1) is 14.4. The number of amides is 3. The lowest BCUT2D eigenvalue weighted by Gasteiger charge is -2.08. The summed E-state index contributed by atoms with van der Waals surface area (Å²) in [5.74, 6) is -1.99. The molecule has 3 amide bonds. The number of nitrogens with zero attached hydrogens (tertiary/aromatic N) is 1. The Morgan fingerprint density at radius 3 is 2.79 bits per heavy atom. The summed E-state index contributed by atoms with van der Waals surface area (Å²) in [6.07, 6.45) is 1.30. The molecule has 1 rings (SSSR count). The van der Waals surface area contributed by atoms with E-state index in [0.29, 0.717) is 6.54 Å². The minimum absolute atomic E-state index is 0.0407. The third kappa shape index (κ3) is 4.62. The maximum Gasteiger partial charge on any atom is 0.358 e. The first-order valence-corrected chi connectivity index (χ1v) is 5.43. The Balaban J connectivity index is 2.55. The topological polar surface area (TPSA) is 118 Å². The van der Waals surface area contributed by atoms with E-state index in [-0.39, 0.29) is 11.4 Å². The van der Waals surface area contributed by atoms with Gasteiger partial charge in [0.25, 0.3) is 5.91 Å². The van der Waals surface area contributed by atoms with E-state index in [1.54, 1.807) is 6.92 Å². The van der Waals surface area contributed by atoms with Crippen LogP contribution in [0, 0.1) is 0 Å². The number of aromatic nitrogens is 1. The van der Waals surface area contributed by atoms with Gasteiger partial charge in [-0.2, -0.15) is 0 Å². The number of hydrogen-bond donors (Lipinski definition) is 3. The fourth-order valence-electron chi connectivity index (χ4n) is 1.18. The molecule has 0 saturated carbocycles. The highest BCUT2D eigenvalue weighted by Crippen LogP contribution is 2.14. The predicted molar refractivity (Wildman–Crippen MR) is 63.9 cm³/mol. The van der Waals surface area contributed by atoms with Gasteiger partial charge in [0.1, 0.15) is 0 Å². The average Bonchev–Trinajstić information content (AvgIpc) is 2.36. The lowest BCUT2D eigenvalue weighted by atomic mass is 10.3.